The molecule has 1 aliphatic rings. The fraction of sp³-hybridized carbons (Fsp3) is 0.235. The number of aliphatic hydroxyl groups excluding tert-OH is 1. The lowest BCUT2D eigenvalue weighted by Crippen LogP contribution is -2.30. The molecular weight excluding hydrogens is 296 g/mol. The van der Waals surface area contributed by atoms with Crippen LogP contribution in [0.2, 0.25) is 0 Å². The van der Waals surface area contributed by atoms with Gasteiger partial charge in [-0.2, -0.15) is 0 Å². The Morgan fingerprint density at radius 3 is 2.74 bits per heavy atom. The molecule has 0 radical (unpaired) electrons. The van der Waals surface area contributed by atoms with E-state index in [9.17, 15) is 9.90 Å². The van der Waals surface area contributed by atoms with Gasteiger partial charge in [0.15, 0.2) is 11.5 Å². The first-order chi connectivity index (χ1) is 11.2. The van der Waals surface area contributed by atoms with Crippen LogP contribution in [0.25, 0.3) is 0 Å². The number of rotatable bonds is 5. The predicted octanol–water partition coefficient (Wildman–Crippen LogP) is 2.66. The van der Waals surface area contributed by atoms with Gasteiger partial charge in [-0.1, -0.05) is 30.3 Å². The van der Waals surface area contributed by atoms with Crippen LogP contribution in [0.4, 0.5) is 10.5 Å². The molecule has 0 aromatic heterocycles. The first kappa shape index (κ1) is 15.2. The Labute approximate surface area is 134 Å². The number of nitrogens with one attached hydrogen (secondary N) is 2. The van der Waals surface area contributed by atoms with Crippen LogP contribution in [-0.2, 0) is 0 Å². The van der Waals surface area contributed by atoms with Crippen LogP contribution in [-0.4, -0.2) is 24.5 Å². The number of carbonyl (C=O) groups is 1. The Bertz CT molecular complexity index is 676. The summed E-state index contributed by atoms with van der Waals surface area (Å²) in [5, 5.41) is 15.5. The quantitative estimate of drug-likeness (QED) is 0.792. The van der Waals surface area contributed by atoms with Crippen molar-refractivity contribution in [1.29, 1.82) is 0 Å². The zero-order valence-corrected chi connectivity index (χ0v) is 12.5. The average molecular weight is 314 g/mol. The number of urea groups is 1. The molecule has 1 unspecified atom stereocenters. The second kappa shape index (κ2) is 7.02. The highest BCUT2D eigenvalue weighted by molar-refractivity contribution is 5.89. The maximum atomic E-state index is 11.9. The number of aliphatic hydroxyl groups is 1. The minimum Gasteiger partial charge on any atom is -0.454 e. The van der Waals surface area contributed by atoms with Gasteiger partial charge in [-0.15, -0.1) is 0 Å². The summed E-state index contributed by atoms with van der Waals surface area (Å²) < 4.78 is 10.5. The fourth-order valence-electron chi connectivity index (χ4n) is 2.31. The summed E-state index contributed by atoms with van der Waals surface area (Å²) in [5.41, 5.74) is 1.46. The van der Waals surface area contributed by atoms with E-state index in [-0.39, 0.29) is 12.8 Å². The van der Waals surface area contributed by atoms with E-state index in [2.05, 4.69) is 10.6 Å². The van der Waals surface area contributed by atoms with Gasteiger partial charge in [0.1, 0.15) is 0 Å². The van der Waals surface area contributed by atoms with Crippen molar-refractivity contribution in [3.8, 4) is 11.5 Å². The first-order valence-electron chi connectivity index (χ1n) is 7.40. The maximum absolute atomic E-state index is 11.9. The molecule has 120 valence electrons. The SMILES string of the molecule is O=C(NCCC(O)c1ccccc1)Nc1ccc2c(c1)OCO2. The molecule has 0 saturated carbocycles. The third-order valence-corrected chi connectivity index (χ3v) is 3.52. The van der Waals surface area contributed by atoms with E-state index in [1.54, 1.807) is 18.2 Å². The van der Waals surface area contributed by atoms with Crippen molar-refractivity contribution in [1.82, 2.24) is 5.32 Å². The van der Waals surface area contributed by atoms with Crippen molar-refractivity contribution in [3.05, 3.63) is 54.1 Å². The lowest BCUT2D eigenvalue weighted by molar-refractivity contribution is 0.167. The molecule has 2 aromatic carbocycles. The van der Waals surface area contributed by atoms with Crippen LogP contribution in [0.15, 0.2) is 48.5 Å². The second-order valence-corrected chi connectivity index (χ2v) is 5.16. The monoisotopic (exact) mass is 314 g/mol. The molecular formula is C17H18N2O4. The van der Waals surface area contributed by atoms with Crippen LogP contribution in [0.1, 0.15) is 18.1 Å². The lowest BCUT2D eigenvalue weighted by Gasteiger charge is -2.12. The van der Waals surface area contributed by atoms with Crippen molar-refractivity contribution >= 4 is 11.7 Å². The molecule has 2 aromatic rings. The molecule has 0 fully saturated rings. The Kier molecular flexibility index (Phi) is 4.63. The number of amides is 2. The van der Waals surface area contributed by atoms with E-state index in [1.165, 1.54) is 0 Å². The van der Waals surface area contributed by atoms with Gasteiger partial charge in [0, 0.05) is 18.3 Å². The molecule has 0 aliphatic carbocycles. The first-order valence-corrected chi connectivity index (χ1v) is 7.40. The number of anilines is 1. The molecule has 2 amide bonds. The lowest BCUT2D eigenvalue weighted by atomic mass is 10.1. The topological polar surface area (TPSA) is 79.8 Å². The summed E-state index contributed by atoms with van der Waals surface area (Å²) in [6.07, 6.45) is -0.152. The molecule has 0 bridgehead atoms. The second-order valence-electron chi connectivity index (χ2n) is 5.16. The summed E-state index contributed by atoms with van der Waals surface area (Å²) in [5.74, 6) is 1.28. The normalized spacial score (nSPS) is 13.4. The molecule has 6 nitrogen and oxygen atoms in total. The van der Waals surface area contributed by atoms with Crippen molar-refractivity contribution in [2.24, 2.45) is 0 Å². The molecule has 3 N–H and O–H groups in total. The van der Waals surface area contributed by atoms with E-state index in [1.807, 2.05) is 30.3 Å². The highest BCUT2D eigenvalue weighted by Crippen LogP contribution is 2.34. The van der Waals surface area contributed by atoms with E-state index >= 15 is 0 Å². The summed E-state index contributed by atoms with van der Waals surface area (Å²) in [6.45, 7) is 0.564. The average Bonchev–Trinajstić information content (AvgIpc) is 3.03. The molecule has 1 atom stereocenters. The van der Waals surface area contributed by atoms with Crippen LogP contribution < -0.4 is 20.1 Å². The summed E-state index contributed by atoms with van der Waals surface area (Å²) in [7, 11) is 0. The minimum absolute atomic E-state index is 0.197. The van der Waals surface area contributed by atoms with Crippen molar-refractivity contribution in [2.45, 2.75) is 12.5 Å². The number of benzene rings is 2. The minimum atomic E-state index is -0.595. The number of carbonyl (C=O) groups excluding carboxylic acids is 1. The molecule has 1 heterocycles. The van der Waals surface area contributed by atoms with Gasteiger partial charge in [0.2, 0.25) is 6.79 Å². The molecule has 23 heavy (non-hydrogen) atoms. The maximum Gasteiger partial charge on any atom is 0.319 e. The third kappa shape index (κ3) is 3.92. The Morgan fingerprint density at radius 2 is 1.91 bits per heavy atom. The van der Waals surface area contributed by atoms with Gasteiger partial charge in [0.25, 0.3) is 0 Å². The summed E-state index contributed by atoms with van der Waals surface area (Å²) in [4.78, 5) is 11.9. The molecule has 0 spiro atoms. The van der Waals surface area contributed by atoms with Gasteiger partial charge in [0.05, 0.1) is 6.10 Å². The van der Waals surface area contributed by atoms with Crippen LogP contribution >= 0.6 is 0 Å². The van der Waals surface area contributed by atoms with E-state index in [0.717, 1.165) is 5.56 Å². The van der Waals surface area contributed by atoms with Gasteiger partial charge in [-0.05, 0) is 24.1 Å². The number of hydrogen-bond donors (Lipinski definition) is 3. The summed E-state index contributed by atoms with van der Waals surface area (Å²) in [6, 6.07) is 14.2. The summed E-state index contributed by atoms with van der Waals surface area (Å²) >= 11 is 0. The Hall–Kier alpha value is -2.73. The standard InChI is InChI=1S/C17H18N2O4/c20-14(12-4-2-1-3-5-12)8-9-18-17(21)19-13-6-7-15-16(10-13)23-11-22-15/h1-7,10,14,20H,8-9,11H2,(H2,18,19,21). The molecule has 3 rings (SSSR count). The smallest absolute Gasteiger partial charge is 0.319 e. The van der Waals surface area contributed by atoms with Gasteiger partial charge in [-0.3, -0.25) is 0 Å². The zero-order valence-electron chi connectivity index (χ0n) is 12.5. The third-order valence-electron chi connectivity index (χ3n) is 3.52. The zero-order chi connectivity index (χ0) is 16.1. The predicted molar refractivity (Wildman–Crippen MR) is 85.6 cm³/mol. The van der Waals surface area contributed by atoms with Crippen LogP contribution in [0.3, 0.4) is 0 Å². The van der Waals surface area contributed by atoms with Crippen molar-refractivity contribution in [2.75, 3.05) is 18.7 Å². The van der Waals surface area contributed by atoms with Gasteiger partial charge in [-0.25, -0.2) is 4.79 Å². The molecule has 0 saturated heterocycles. The fourth-order valence-corrected chi connectivity index (χ4v) is 2.31. The molecule has 1 aliphatic heterocycles. The van der Waals surface area contributed by atoms with Crippen LogP contribution in [0.5, 0.6) is 11.5 Å². The van der Waals surface area contributed by atoms with Gasteiger partial charge < -0.3 is 25.2 Å². The van der Waals surface area contributed by atoms with E-state index in [4.69, 9.17) is 9.47 Å². The largest absolute Gasteiger partial charge is 0.454 e. The highest BCUT2D eigenvalue weighted by atomic mass is 16.7. The van der Waals surface area contributed by atoms with Crippen molar-refractivity contribution in [3.63, 3.8) is 0 Å². The Balaban J connectivity index is 1.45. The highest BCUT2D eigenvalue weighted by Gasteiger charge is 2.14. The van der Waals surface area contributed by atoms with Gasteiger partial charge >= 0.3 is 6.03 Å². The number of hydrogen-bond acceptors (Lipinski definition) is 4. The number of fused-ring (bicyclic) bond motifs is 1. The van der Waals surface area contributed by atoms with E-state index in [0.29, 0.717) is 30.2 Å². The molecule has 6 heteroatoms. The van der Waals surface area contributed by atoms with Crippen molar-refractivity contribution < 1.29 is 19.4 Å². The Morgan fingerprint density at radius 1 is 1.13 bits per heavy atom. The van der Waals surface area contributed by atoms with Crippen LogP contribution in [0, 0.1) is 0 Å². The van der Waals surface area contributed by atoms with E-state index < -0.39 is 6.10 Å². The number of ether oxygens (including phenoxy) is 2.